The second-order valence-electron chi connectivity index (χ2n) is 8.33. The van der Waals surface area contributed by atoms with Crippen molar-refractivity contribution in [2.75, 3.05) is 30.9 Å². The van der Waals surface area contributed by atoms with E-state index in [1.165, 1.54) is 0 Å². The highest BCUT2D eigenvalue weighted by Crippen LogP contribution is 2.26. The fourth-order valence-electron chi connectivity index (χ4n) is 3.01. The van der Waals surface area contributed by atoms with Gasteiger partial charge in [-0.05, 0) is 49.4 Å². The maximum Gasteiger partial charge on any atom is 0.317 e. The largest absolute Gasteiger partial charge is 0.377 e. The van der Waals surface area contributed by atoms with Crippen LogP contribution in [0.4, 0.5) is 16.2 Å². The molecule has 6 nitrogen and oxygen atoms in total. The molecule has 0 aliphatic rings. The first kappa shape index (κ1) is 23.8. The first-order valence-electron chi connectivity index (χ1n) is 10.2. The number of nitrogens with one attached hydrogen (secondary N) is 2. The molecule has 1 aromatic rings. The number of rotatable bonds is 9. The Morgan fingerprint density at radius 2 is 1.71 bits per heavy atom. The Morgan fingerprint density at radius 3 is 2.21 bits per heavy atom. The third-order valence-electron chi connectivity index (χ3n) is 4.82. The summed E-state index contributed by atoms with van der Waals surface area (Å²) >= 11 is 0. The molecule has 0 aromatic heterocycles. The van der Waals surface area contributed by atoms with Crippen molar-refractivity contribution < 1.29 is 9.59 Å². The van der Waals surface area contributed by atoms with Crippen LogP contribution in [-0.2, 0) is 11.3 Å². The van der Waals surface area contributed by atoms with Crippen LogP contribution in [0.2, 0.25) is 0 Å². The van der Waals surface area contributed by atoms with Gasteiger partial charge in [0.25, 0.3) is 0 Å². The molecule has 3 amide bonds. The van der Waals surface area contributed by atoms with Gasteiger partial charge in [0.05, 0.1) is 0 Å². The van der Waals surface area contributed by atoms with Gasteiger partial charge in [0.1, 0.15) is 0 Å². The molecule has 1 atom stereocenters. The number of urea groups is 1. The van der Waals surface area contributed by atoms with Gasteiger partial charge >= 0.3 is 6.03 Å². The number of hydrogen-bond donors (Lipinski definition) is 2. The summed E-state index contributed by atoms with van der Waals surface area (Å²) in [6.45, 7) is 13.3. The summed E-state index contributed by atoms with van der Waals surface area (Å²) in [5, 5.41) is 5.91. The summed E-state index contributed by atoms with van der Waals surface area (Å²) < 4.78 is 0. The van der Waals surface area contributed by atoms with Crippen molar-refractivity contribution >= 4 is 23.3 Å². The van der Waals surface area contributed by atoms with Crippen molar-refractivity contribution in [3.63, 3.8) is 0 Å². The van der Waals surface area contributed by atoms with Crippen LogP contribution in [0.15, 0.2) is 18.2 Å². The van der Waals surface area contributed by atoms with Gasteiger partial charge in [0, 0.05) is 51.0 Å². The Hall–Kier alpha value is -2.24. The van der Waals surface area contributed by atoms with Crippen LogP contribution >= 0.6 is 0 Å². The van der Waals surface area contributed by atoms with Crippen molar-refractivity contribution in [1.29, 1.82) is 0 Å². The van der Waals surface area contributed by atoms with E-state index in [1.54, 1.807) is 0 Å². The highest BCUT2D eigenvalue weighted by atomic mass is 16.2. The van der Waals surface area contributed by atoms with Crippen LogP contribution in [0.3, 0.4) is 0 Å². The number of amides is 3. The van der Waals surface area contributed by atoms with Crippen LogP contribution < -0.4 is 15.5 Å². The lowest BCUT2D eigenvalue weighted by atomic mass is 10.0. The molecule has 0 aliphatic carbocycles. The van der Waals surface area contributed by atoms with Crippen LogP contribution in [0.5, 0.6) is 0 Å². The number of benzene rings is 1. The second-order valence-corrected chi connectivity index (χ2v) is 8.33. The zero-order valence-electron chi connectivity index (χ0n) is 18.8. The van der Waals surface area contributed by atoms with Gasteiger partial charge in [-0.25, -0.2) is 4.79 Å². The molecule has 0 radical (unpaired) electrons. The molecule has 0 spiro atoms. The molecule has 28 heavy (non-hydrogen) atoms. The summed E-state index contributed by atoms with van der Waals surface area (Å²) in [4.78, 5) is 28.8. The summed E-state index contributed by atoms with van der Waals surface area (Å²) in [6, 6.07) is 5.91. The lowest BCUT2D eigenvalue weighted by Gasteiger charge is -2.33. The summed E-state index contributed by atoms with van der Waals surface area (Å²) in [6.07, 6.45) is 0.486. The highest BCUT2D eigenvalue weighted by Gasteiger charge is 2.24. The molecule has 0 saturated carbocycles. The van der Waals surface area contributed by atoms with E-state index in [4.69, 9.17) is 0 Å². The number of hydrogen-bond acceptors (Lipinski definition) is 3. The van der Waals surface area contributed by atoms with Crippen molar-refractivity contribution in [2.45, 2.75) is 60.5 Å². The predicted octanol–water partition coefficient (Wildman–Crippen LogP) is 4.31. The third kappa shape index (κ3) is 7.06. The van der Waals surface area contributed by atoms with Gasteiger partial charge in [-0.15, -0.1) is 0 Å². The van der Waals surface area contributed by atoms with E-state index in [0.717, 1.165) is 16.9 Å². The first-order valence-corrected chi connectivity index (χ1v) is 10.2. The zero-order chi connectivity index (χ0) is 21.4. The maximum atomic E-state index is 12.7. The average molecular weight is 391 g/mol. The Balaban J connectivity index is 3.19. The van der Waals surface area contributed by atoms with Gasteiger partial charge in [-0.1, -0.05) is 27.7 Å². The maximum absolute atomic E-state index is 12.7. The standard InChI is InChI=1S/C22H38N4O2/c1-9-23-22(28)26(17(6)16(4)5)14-18-13-19(10-11-20(18)25(7)8)24-21(27)12-15(2)3/h10-11,13,15-17H,9,12,14H2,1-8H3,(H,23,28)(H,24,27). The Labute approximate surface area is 170 Å². The summed E-state index contributed by atoms with van der Waals surface area (Å²) in [5.74, 6) is 0.648. The number of nitrogens with zero attached hydrogens (tertiary/aromatic N) is 2. The van der Waals surface area contributed by atoms with E-state index in [2.05, 4.69) is 31.4 Å². The molecule has 1 aromatic carbocycles. The smallest absolute Gasteiger partial charge is 0.317 e. The molecule has 1 rings (SSSR count). The molecule has 6 heteroatoms. The SMILES string of the molecule is CCNC(=O)N(Cc1cc(NC(=O)CC(C)C)ccc1N(C)C)C(C)C(C)C. The molecular weight excluding hydrogens is 352 g/mol. The highest BCUT2D eigenvalue weighted by molar-refractivity contribution is 5.91. The Kier molecular flexibility index (Phi) is 9.29. The molecule has 0 bridgehead atoms. The molecule has 0 heterocycles. The first-order chi connectivity index (χ1) is 13.1. The minimum atomic E-state index is -0.0670. The van der Waals surface area contributed by atoms with Gasteiger partial charge in [0.15, 0.2) is 0 Å². The summed E-state index contributed by atoms with van der Waals surface area (Å²) in [5.41, 5.74) is 2.80. The van der Waals surface area contributed by atoms with Crippen LogP contribution in [0.25, 0.3) is 0 Å². The van der Waals surface area contributed by atoms with E-state index >= 15 is 0 Å². The lowest BCUT2D eigenvalue weighted by molar-refractivity contribution is -0.116. The van der Waals surface area contributed by atoms with Crippen LogP contribution in [-0.4, -0.2) is 43.5 Å². The molecule has 0 aliphatic heterocycles. The minimum Gasteiger partial charge on any atom is -0.377 e. The third-order valence-corrected chi connectivity index (χ3v) is 4.82. The monoisotopic (exact) mass is 390 g/mol. The van der Waals surface area contributed by atoms with E-state index in [1.807, 2.05) is 62.9 Å². The van der Waals surface area contributed by atoms with E-state index in [0.29, 0.717) is 31.3 Å². The van der Waals surface area contributed by atoms with Crippen molar-refractivity contribution in [1.82, 2.24) is 10.2 Å². The van der Waals surface area contributed by atoms with E-state index in [-0.39, 0.29) is 18.0 Å². The fraction of sp³-hybridized carbons (Fsp3) is 0.636. The van der Waals surface area contributed by atoms with Crippen molar-refractivity contribution in [2.24, 2.45) is 11.8 Å². The Morgan fingerprint density at radius 1 is 1.07 bits per heavy atom. The number of carbonyl (C=O) groups is 2. The van der Waals surface area contributed by atoms with E-state index in [9.17, 15) is 9.59 Å². The van der Waals surface area contributed by atoms with Crippen LogP contribution in [0.1, 0.15) is 53.5 Å². The average Bonchev–Trinajstić information content (AvgIpc) is 2.58. The molecule has 2 N–H and O–H groups in total. The second kappa shape index (κ2) is 10.9. The Bertz CT molecular complexity index is 656. The van der Waals surface area contributed by atoms with Crippen molar-refractivity contribution in [3.8, 4) is 0 Å². The molecule has 158 valence electrons. The normalized spacial score (nSPS) is 12.1. The molecule has 0 saturated heterocycles. The molecule has 1 unspecified atom stereocenters. The van der Waals surface area contributed by atoms with E-state index < -0.39 is 0 Å². The molecule has 0 fully saturated rings. The van der Waals surface area contributed by atoms with Gasteiger partial charge < -0.3 is 20.4 Å². The van der Waals surface area contributed by atoms with Gasteiger partial charge in [-0.2, -0.15) is 0 Å². The summed E-state index contributed by atoms with van der Waals surface area (Å²) in [7, 11) is 3.97. The topological polar surface area (TPSA) is 64.7 Å². The van der Waals surface area contributed by atoms with Gasteiger partial charge in [-0.3, -0.25) is 4.79 Å². The quantitative estimate of drug-likeness (QED) is 0.660. The zero-order valence-corrected chi connectivity index (χ0v) is 18.8. The number of carbonyl (C=O) groups excluding carboxylic acids is 2. The number of anilines is 2. The minimum absolute atomic E-state index is 0.00897. The van der Waals surface area contributed by atoms with Crippen molar-refractivity contribution in [3.05, 3.63) is 23.8 Å². The van der Waals surface area contributed by atoms with Crippen LogP contribution in [0, 0.1) is 11.8 Å². The fourth-order valence-corrected chi connectivity index (χ4v) is 3.01. The lowest BCUT2D eigenvalue weighted by Crippen LogP contribution is -2.46. The predicted molar refractivity (Wildman–Crippen MR) is 118 cm³/mol. The molecular formula is C22H38N4O2. The van der Waals surface area contributed by atoms with Gasteiger partial charge in [0.2, 0.25) is 5.91 Å².